The molecule has 2 aromatic carbocycles. The molecule has 0 saturated heterocycles. The van der Waals surface area contributed by atoms with Crippen molar-refractivity contribution in [2.24, 2.45) is 0 Å². The molecule has 108 valence electrons. The van der Waals surface area contributed by atoms with Gasteiger partial charge in [-0.15, -0.1) is 11.6 Å². The third-order valence-electron chi connectivity index (χ3n) is 3.53. The standard InChI is InChI=1S/C17H16ClFN2/c1-12-5-6-16-15(9-12)20-17(7-8-18)21(16)11-13-3-2-4-14(19)10-13/h2-6,9-10H,7-8,11H2,1H3. The number of alkyl halides is 1. The second kappa shape index (κ2) is 5.86. The van der Waals surface area contributed by atoms with Gasteiger partial charge < -0.3 is 4.57 Å². The molecule has 0 bridgehead atoms. The van der Waals surface area contributed by atoms with E-state index >= 15 is 0 Å². The second-order valence-corrected chi connectivity index (χ2v) is 5.55. The highest BCUT2D eigenvalue weighted by molar-refractivity contribution is 6.17. The van der Waals surface area contributed by atoms with Gasteiger partial charge in [0, 0.05) is 18.8 Å². The Labute approximate surface area is 128 Å². The molecule has 3 aromatic rings. The van der Waals surface area contributed by atoms with Gasteiger partial charge in [0.1, 0.15) is 11.6 Å². The van der Waals surface area contributed by atoms with Crippen LogP contribution in [0.4, 0.5) is 4.39 Å². The third kappa shape index (κ3) is 2.93. The molecule has 21 heavy (non-hydrogen) atoms. The fraction of sp³-hybridized carbons (Fsp3) is 0.235. The van der Waals surface area contributed by atoms with Crippen LogP contribution < -0.4 is 0 Å². The molecule has 0 unspecified atom stereocenters. The molecule has 0 atom stereocenters. The summed E-state index contributed by atoms with van der Waals surface area (Å²) in [5, 5.41) is 0. The van der Waals surface area contributed by atoms with Gasteiger partial charge in [-0.3, -0.25) is 0 Å². The van der Waals surface area contributed by atoms with E-state index in [9.17, 15) is 4.39 Å². The molecular weight excluding hydrogens is 287 g/mol. The second-order valence-electron chi connectivity index (χ2n) is 5.18. The lowest BCUT2D eigenvalue weighted by molar-refractivity contribution is 0.623. The van der Waals surface area contributed by atoms with Gasteiger partial charge >= 0.3 is 0 Å². The predicted octanol–water partition coefficient (Wildman–Crippen LogP) is 4.31. The van der Waals surface area contributed by atoms with Crippen LogP contribution in [0.1, 0.15) is 17.0 Å². The van der Waals surface area contributed by atoms with E-state index in [0.29, 0.717) is 18.8 Å². The molecule has 0 amide bonds. The van der Waals surface area contributed by atoms with Crippen molar-refractivity contribution in [1.82, 2.24) is 9.55 Å². The molecule has 2 nitrogen and oxygen atoms in total. The topological polar surface area (TPSA) is 17.8 Å². The van der Waals surface area contributed by atoms with Gasteiger partial charge in [-0.1, -0.05) is 18.2 Å². The molecule has 0 aliphatic carbocycles. The number of nitrogens with zero attached hydrogens (tertiary/aromatic N) is 2. The fourth-order valence-electron chi connectivity index (χ4n) is 2.56. The average Bonchev–Trinajstić information content (AvgIpc) is 2.76. The van der Waals surface area contributed by atoms with Crippen LogP contribution in [0, 0.1) is 12.7 Å². The number of halogens is 2. The maximum absolute atomic E-state index is 13.4. The third-order valence-corrected chi connectivity index (χ3v) is 3.72. The zero-order valence-electron chi connectivity index (χ0n) is 11.8. The highest BCUT2D eigenvalue weighted by atomic mass is 35.5. The number of aryl methyl sites for hydroxylation is 2. The minimum Gasteiger partial charge on any atom is -0.323 e. The first-order chi connectivity index (χ1) is 10.2. The van der Waals surface area contributed by atoms with E-state index in [4.69, 9.17) is 11.6 Å². The summed E-state index contributed by atoms with van der Waals surface area (Å²) in [5.41, 5.74) is 4.12. The number of hydrogen-bond acceptors (Lipinski definition) is 1. The molecule has 1 heterocycles. The van der Waals surface area contributed by atoms with E-state index in [1.807, 2.05) is 13.0 Å². The van der Waals surface area contributed by atoms with Crippen molar-refractivity contribution < 1.29 is 4.39 Å². The van der Waals surface area contributed by atoms with Crippen LogP contribution in [0.15, 0.2) is 42.5 Å². The van der Waals surface area contributed by atoms with Crippen molar-refractivity contribution in [2.45, 2.75) is 19.9 Å². The Morgan fingerprint density at radius 1 is 1.19 bits per heavy atom. The van der Waals surface area contributed by atoms with Crippen molar-refractivity contribution in [2.75, 3.05) is 5.88 Å². The molecular formula is C17H16ClFN2. The number of hydrogen-bond donors (Lipinski definition) is 0. The van der Waals surface area contributed by atoms with Gasteiger partial charge in [-0.2, -0.15) is 0 Å². The Hall–Kier alpha value is -1.87. The molecule has 0 aliphatic rings. The quantitative estimate of drug-likeness (QED) is 0.657. The normalized spacial score (nSPS) is 11.2. The summed E-state index contributed by atoms with van der Waals surface area (Å²) in [6.45, 7) is 2.65. The maximum atomic E-state index is 13.4. The zero-order chi connectivity index (χ0) is 14.8. The summed E-state index contributed by atoms with van der Waals surface area (Å²) in [6.07, 6.45) is 0.699. The van der Waals surface area contributed by atoms with E-state index in [0.717, 1.165) is 22.4 Å². The Kier molecular flexibility index (Phi) is 3.93. The van der Waals surface area contributed by atoms with Crippen LogP contribution in [0.2, 0.25) is 0 Å². The molecule has 3 rings (SSSR count). The van der Waals surface area contributed by atoms with Crippen molar-refractivity contribution in [3.63, 3.8) is 0 Å². The number of aromatic nitrogens is 2. The highest BCUT2D eigenvalue weighted by Gasteiger charge is 2.11. The molecule has 0 radical (unpaired) electrons. The average molecular weight is 303 g/mol. The summed E-state index contributed by atoms with van der Waals surface area (Å²) < 4.78 is 15.5. The smallest absolute Gasteiger partial charge is 0.123 e. The van der Waals surface area contributed by atoms with Crippen molar-refractivity contribution in [1.29, 1.82) is 0 Å². The Morgan fingerprint density at radius 3 is 2.81 bits per heavy atom. The monoisotopic (exact) mass is 302 g/mol. The van der Waals surface area contributed by atoms with E-state index in [2.05, 4.69) is 27.8 Å². The maximum Gasteiger partial charge on any atom is 0.123 e. The highest BCUT2D eigenvalue weighted by Crippen LogP contribution is 2.20. The lowest BCUT2D eigenvalue weighted by Crippen LogP contribution is -2.06. The molecule has 0 spiro atoms. The predicted molar refractivity (Wildman–Crippen MR) is 84.4 cm³/mol. The minimum absolute atomic E-state index is 0.216. The van der Waals surface area contributed by atoms with E-state index in [1.54, 1.807) is 12.1 Å². The molecule has 1 aromatic heterocycles. The van der Waals surface area contributed by atoms with Crippen LogP contribution in [0.25, 0.3) is 11.0 Å². The SMILES string of the molecule is Cc1ccc2c(c1)nc(CCCl)n2Cc1cccc(F)c1. The lowest BCUT2D eigenvalue weighted by Gasteiger charge is -2.09. The zero-order valence-corrected chi connectivity index (χ0v) is 12.6. The van der Waals surface area contributed by atoms with Gasteiger partial charge in [0.2, 0.25) is 0 Å². The molecule has 4 heteroatoms. The van der Waals surface area contributed by atoms with Gasteiger partial charge in [-0.05, 0) is 42.3 Å². The van der Waals surface area contributed by atoms with Crippen LogP contribution in [0.3, 0.4) is 0 Å². The van der Waals surface area contributed by atoms with Crippen molar-refractivity contribution in [3.05, 3.63) is 65.2 Å². The van der Waals surface area contributed by atoms with Crippen LogP contribution >= 0.6 is 11.6 Å². The van der Waals surface area contributed by atoms with E-state index in [-0.39, 0.29) is 5.82 Å². The summed E-state index contributed by atoms with van der Waals surface area (Å²) in [4.78, 5) is 4.67. The lowest BCUT2D eigenvalue weighted by atomic mass is 10.2. The molecule has 0 aliphatic heterocycles. The number of imidazole rings is 1. The van der Waals surface area contributed by atoms with Crippen molar-refractivity contribution in [3.8, 4) is 0 Å². The molecule has 0 N–H and O–H groups in total. The summed E-state index contributed by atoms with van der Waals surface area (Å²) in [5.74, 6) is 1.24. The van der Waals surface area contributed by atoms with Gasteiger partial charge in [0.05, 0.1) is 11.0 Å². The van der Waals surface area contributed by atoms with Gasteiger partial charge in [0.25, 0.3) is 0 Å². The summed E-state index contributed by atoms with van der Waals surface area (Å²) >= 11 is 5.88. The Balaban J connectivity index is 2.08. The Bertz CT molecular complexity index is 780. The fourth-order valence-corrected chi connectivity index (χ4v) is 2.73. The van der Waals surface area contributed by atoms with Gasteiger partial charge in [-0.25, -0.2) is 9.37 Å². The number of benzene rings is 2. The number of rotatable bonds is 4. The van der Waals surface area contributed by atoms with E-state index in [1.165, 1.54) is 11.6 Å². The summed E-state index contributed by atoms with van der Waals surface area (Å²) in [7, 11) is 0. The Morgan fingerprint density at radius 2 is 2.05 bits per heavy atom. The first-order valence-electron chi connectivity index (χ1n) is 6.93. The van der Waals surface area contributed by atoms with Crippen molar-refractivity contribution >= 4 is 22.6 Å². The number of fused-ring (bicyclic) bond motifs is 1. The summed E-state index contributed by atoms with van der Waals surface area (Å²) in [6, 6.07) is 12.9. The minimum atomic E-state index is -0.216. The first kappa shape index (κ1) is 14.1. The first-order valence-corrected chi connectivity index (χ1v) is 7.47. The van der Waals surface area contributed by atoms with Crippen LogP contribution in [-0.4, -0.2) is 15.4 Å². The molecule has 0 fully saturated rings. The largest absolute Gasteiger partial charge is 0.323 e. The van der Waals surface area contributed by atoms with E-state index < -0.39 is 0 Å². The van der Waals surface area contributed by atoms with Crippen LogP contribution in [0.5, 0.6) is 0 Å². The molecule has 0 saturated carbocycles. The van der Waals surface area contributed by atoms with Crippen LogP contribution in [-0.2, 0) is 13.0 Å². The van der Waals surface area contributed by atoms with Gasteiger partial charge in [0.15, 0.2) is 0 Å².